The molecule has 0 aliphatic carbocycles. The maximum absolute atomic E-state index is 11.9. The van der Waals surface area contributed by atoms with Crippen molar-refractivity contribution in [3.8, 4) is 5.75 Å². The number of amides is 2. The zero-order valence-electron chi connectivity index (χ0n) is 12.8. The van der Waals surface area contributed by atoms with Crippen LogP contribution in [0.5, 0.6) is 5.75 Å². The SMILES string of the molecule is O=C(Nc1ccc(OCc2ccccc2)cc1)NC1CCOC1. The van der Waals surface area contributed by atoms with E-state index in [2.05, 4.69) is 10.6 Å². The van der Waals surface area contributed by atoms with E-state index in [1.54, 1.807) is 0 Å². The van der Waals surface area contributed by atoms with Gasteiger partial charge >= 0.3 is 6.03 Å². The average Bonchev–Trinajstić information content (AvgIpc) is 3.08. The first kappa shape index (κ1) is 15.4. The highest BCUT2D eigenvalue weighted by atomic mass is 16.5. The lowest BCUT2D eigenvalue weighted by atomic mass is 10.2. The Labute approximate surface area is 135 Å². The summed E-state index contributed by atoms with van der Waals surface area (Å²) in [5, 5.41) is 5.69. The summed E-state index contributed by atoms with van der Waals surface area (Å²) in [7, 11) is 0. The summed E-state index contributed by atoms with van der Waals surface area (Å²) in [5.41, 5.74) is 1.85. The van der Waals surface area contributed by atoms with Crippen molar-refractivity contribution in [2.24, 2.45) is 0 Å². The zero-order chi connectivity index (χ0) is 15.9. The van der Waals surface area contributed by atoms with Crippen LogP contribution in [0, 0.1) is 0 Å². The number of rotatable bonds is 5. The molecule has 0 aromatic heterocycles. The van der Waals surface area contributed by atoms with E-state index >= 15 is 0 Å². The molecule has 2 aromatic carbocycles. The minimum atomic E-state index is -0.210. The van der Waals surface area contributed by atoms with E-state index in [1.165, 1.54) is 0 Å². The van der Waals surface area contributed by atoms with E-state index in [-0.39, 0.29) is 12.1 Å². The van der Waals surface area contributed by atoms with Crippen molar-refractivity contribution in [2.45, 2.75) is 19.1 Å². The lowest BCUT2D eigenvalue weighted by molar-refractivity contribution is 0.189. The maximum atomic E-state index is 11.9. The van der Waals surface area contributed by atoms with Crippen molar-refractivity contribution in [2.75, 3.05) is 18.5 Å². The molecule has 1 fully saturated rings. The Morgan fingerprint density at radius 3 is 2.61 bits per heavy atom. The number of carbonyl (C=O) groups is 1. The Hall–Kier alpha value is -2.53. The monoisotopic (exact) mass is 312 g/mol. The van der Waals surface area contributed by atoms with Gasteiger partial charge in [-0.3, -0.25) is 0 Å². The predicted molar refractivity (Wildman–Crippen MR) is 88.6 cm³/mol. The highest BCUT2D eigenvalue weighted by Gasteiger charge is 2.17. The van der Waals surface area contributed by atoms with Gasteiger partial charge in [-0.15, -0.1) is 0 Å². The first-order chi connectivity index (χ1) is 11.3. The molecule has 1 aliphatic rings. The number of nitrogens with one attached hydrogen (secondary N) is 2. The third-order valence-corrected chi connectivity index (χ3v) is 3.63. The highest BCUT2D eigenvalue weighted by molar-refractivity contribution is 5.89. The molecule has 2 N–H and O–H groups in total. The second-order valence-corrected chi connectivity index (χ2v) is 5.46. The van der Waals surface area contributed by atoms with Crippen molar-refractivity contribution < 1.29 is 14.3 Å². The van der Waals surface area contributed by atoms with Gasteiger partial charge in [-0.25, -0.2) is 4.79 Å². The molecule has 1 heterocycles. The Bertz CT molecular complexity index is 622. The van der Waals surface area contributed by atoms with E-state index in [0.717, 1.165) is 23.4 Å². The molecule has 1 saturated heterocycles. The first-order valence-electron chi connectivity index (χ1n) is 7.72. The number of benzene rings is 2. The van der Waals surface area contributed by atoms with Crippen molar-refractivity contribution in [3.05, 3.63) is 60.2 Å². The number of carbonyl (C=O) groups excluding carboxylic acids is 1. The Morgan fingerprint density at radius 1 is 1.13 bits per heavy atom. The first-order valence-corrected chi connectivity index (χ1v) is 7.72. The van der Waals surface area contributed by atoms with Crippen molar-refractivity contribution in [1.29, 1.82) is 0 Å². The van der Waals surface area contributed by atoms with Crippen LogP contribution in [0.1, 0.15) is 12.0 Å². The molecule has 2 aromatic rings. The topological polar surface area (TPSA) is 59.6 Å². The molecule has 0 bridgehead atoms. The standard InChI is InChI=1S/C18H20N2O3/c21-18(20-16-10-11-22-13-16)19-15-6-8-17(9-7-15)23-12-14-4-2-1-3-5-14/h1-9,16H,10-13H2,(H2,19,20,21). The molecule has 2 amide bonds. The number of anilines is 1. The van der Waals surface area contributed by atoms with Crippen LogP contribution in [0.3, 0.4) is 0 Å². The van der Waals surface area contributed by atoms with Gasteiger partial charge in [0.25, 0.3) is 0 Å². The Kier molecular flexibility index (Phi) is 5.11. The van der Waals surface area contributed by atoms with Gasteiger partial charge in [-0.1, -0.05) is 30.3 Å². The molecular formula is C18H20N2O3. The fourth-order valence-electron chi connectivity index (χ4n) is 2.38. The number of hydrogen-bond acceptors (Lipinski definition) is 3. The zero-order valence-corrected chi connectivity index (χ0v) is 12.8. The quantitative estimate of drug-likeness (QED) is 0.891. The maximum Gasteiger partial charge on any atom is 0.319 e. The lowest BCUT2D eigenvalue weighted by Crippen LogP contribution is -2.38. The fourth-order valence-corrected chi connectivity index (χ4v) is 2.38. The van der Waals surface area contributed by atoms with Crippen molar-refractivity contribution in [1.82, 2.24) is 5.32 Å². The molecule has 5 nitrogen and oxygen atoms in total. The van der Waals surface area contributed by atoms with Gasteiger partial charge < -0.3 is 20.1 Å². The van der Waals surface area contributed by atoms with E-state index in [9.17, 15) is 4.79 Å². The molecule has 1 unspecified atom stereocenters. The van der Waals surface area contributed by atoms with Gasteiger partial charge in [0.1, 0.15) is 12.4 Å². The summed E-state index contributed by atoms with van der Waals surface area (Å²) in [6.07, 6.45) is 0.861. The summed E-state index contributed by atoms with van der Waals surface area (Å²) < 4.78 is 10.9. The molecule has 3 rings (SSSR count). The summed E-state index contributed by atoms with van der Waals surface area (Å²) >= 11 is 0. The second-order valence-electron chi connectivity index (χ2n) is 5.46. The van der Waals surface area contributed by atoms with Crippen LogP contribution >= 0.6 is 0 Å². The van der Waals surface area contributed by atoms with Gasteiger partial charge in [0.05, 0.1) is 12.6 Å². The molecule has 0 saturated carbocycles. The Balaban J connectivity index is 1.47. The third kappa shape index (κ3) is 4.72. The van der Waals surface area contributed by atoms with Crippen LogP contribution in [0.15, 0.2) is 54.6 Å². The molecule has 5 heteroatoms. The highest BCUT2D eigenvalue weighted by Crippen LogP contribution is 2.17. The minimum absolute atomic E-state index is 0.100. The molecule has 23 heavy (non-hydrogen) atoms. The summed E-state index contributed by atoms with van der Waals surface area (Å²) in [6, 6.07) is 17.2. The molecular weight excluding hydrogens is 292 g/mol. The minimum Gasteiger partial charge on any atom is -0.489 e. The van der Waals surface area contributed by atoms with Crippen molar-refractivity contribution in [3.63, 3.8) is 0 Å². The van der Waals surface area contributed by atoms with E-state index in [1.807, 2.05) is 54.6 Å². The van der Waals surface area contributed by atoms with E-state index in [4.69, 9.17) is 9.47 Å². The molecule has 120 valence electrons. The summed E-state index contributed by atoms with van der Waals surface area (Å²) in [4.78, 5) is 11.9. The third-order valence-electron chi connectivity index (χ3n) is 3.63. The second kappa shape index (κ2) is 7.65. The predicted octanol–water partition coefficient (Wildman–Crippen LogP) is 3.18. The Morgan fingerprint density at radius 2 is 1.91 bits per heavy atom. The molecule has 1 atom stereocenters. The normalized spacial score (nSPS) is 16.8. The van der Waals surface area contributed by atoms with E-state index < -0.39 is 0 Å². The van der Waals surface area contributed by atoms with Crippen LogP contribution in [-0.4, -0.2) is 25.3 Å². The van der Waals surface area contributed by atoms with Crippen LogP contribution in [-0.2, 0) is 11.3 Å². The molecule has 1 aliphatic heterocycles. The number of urea groups is 1. The molecule has 0 radical (unpaired) electrons. The average molecular weight is 312 g/mol. The van der Waals surface area contributed by atoms with Crippen LogP contribution < -0.4 is 15.4 Å². The summed E-state index contributed by atoms with van der Waals surface area (Å²) in [6.45, 7) is 1.81. The van der Waals surface area contributed by atoms with Crippen LogP contribution in [0.2, 0.25) is 0 Å². The van der Waals surface area contributed by atoms with Crippen LogP contribution in [0.4, 0.5) is 10.5 Å². The fraction of sp³-hybridized carbons (Fsp3) is 0.278. The van der Waals surface area contributed by atoms with E-state index in [0.29, 0.717) is 19.8 Å². The van der Waals surface area contributed by atoms with Gasteiger partial charge in [0, 0.05) is 12.3 Å². The smallest absolute Gasteiger partial charge is 0.319 e. The van der Waals surface area contributed by atoms with Gasteiger partial charge in [0.2, 0.25) is 0 Å². The largest absolute Gasteiger partial charge is 0.489 e. The van der Waals surface area contributed by atoms with Gasteiger partial charge in [-0.2, -0.15) is 0 Å². The lowest BCUT2D eigenvalue weighted by Gasteiger charge is -2.12. The summed E-state index contributed by atoms with van der Waals surface area (Å²) in [5.74, 6) is 0.768. The number of ether oxygens (including phenoxy) is 2. The van der Waals surface area contributed by atoms with Crippen LogP contribution in [0.25, 0.3) is 0 Å². The molecule has 0 spiro atoms. The van der Waals surface area contributed by atoms with Gasteiger partial charge in [-0.05, 0) is 36.2 Å². The number of hydrogen-bond donors (Lipinski definition) is 2. The van der Waals surface area contributed by atoms with Crippen molar-refractivity contribution >= 4 is 11.7 Å². The van der Waals surface area contributed by atoms with Gasteiger partial charge in [0.15, 0.2) is 0 Å².